The molecule has 112 valence electrons. The lowest BCUT2D eigenvalue weighted by Gasteiger charge is -2.23. The van der Waals surface area contributed by atoms with Crippen LogP contribution in [0, 0.1) is 0 Å². The van der Waals surface area contributed by atoms with Gasteiger partial charge in [0, 0.05) is 12.1 Å². The Bertz CT molecular complexity index is 569. The average Bonchev–Trinajstić information content (AvgIpc) is 2.50. The van der Waals surface area contributed by atoms with Crippen molar-refractivity contribution < 1.29 is 0 Å². The first kappa shape index (κ1) is 16.4. The largest absolute Gasteiger partial charge is 0.307 e. The number of hydrogen-bond acceptors (Lipinski definition) is 1. The third kappa shape index (κ3) is 4.74. The van der Waals surface area contributed by atoms with Crippen LogP contribution in [-0.4, -0.2) is 6.04 Å². The highest BCUT2D eigenvalue weighted by molar-refractivity contribution is 6.42. The number of hydrogen-bond donors (Lipinski definition) is 1. The SMILES string of the molecule is CCC(Cc1ccccc1)NC(C)c1ccc(Cl)c(Cl)c1. The highest BCUT2D eigenvalue weighted by Gasteiger charge is 2.13. The van der Waals surface area contributed by atoms with Crippen LogP contribution in [0.15, 0.2) is 48.5 Å². The van der Waals surface area contributed by atoms with E-state index in [4.69, 9.17) is 23.2 Å². The highest BCUT2D eigenvalue weighted by atomic mass is 35.5. The van der Waals surface area contributed by atoms with Gasteiger partial charge in [0.2, 0.25) is 0 Å². The van der Waals surface area contributed by atoms with E-state index in [0.29, 0.717) is 16.1 Å². The monoisotopic (exact) mass is 321 g/mol. The predicted octanol–water partition coefficient (Wildman–Crippen LogP) is 5.67. The molecule has 0 saturated heterocycles. The molecule has 0 aromatic heterocycles. The van der Waals surface area contributed by atoms with Gasteiger partial charge >= 0.3 is 0 Å². The van der Waals surface area contributed by atoms with Gasteiger partial charge in [0.15, 0.2) is 0 Å². The van der Waals surface area contributed by atoms with Crippen LogP contribution in [0.4, 0.5) is 0 Å². The summed E-state index contributed by atoms with van der Waals surface area (Å²) in [5, 5.41) is 4.89. The standard InChI is InChI=1S/C18H21Cl2N/c1-3-16(11-14-7-5-4-6-8-14)21-13(2)15-9-10-17(19)18(20)12-15/h4-10,12-13,16,21H,3,11H2,1-2H3. The molecule has 0 fully saturated rings. The summed E-state index contributed by atoms with van der Waals surface area (Å²) in [7, 11) is 0. The van der Waals surface area contributed by atoms with E-state index < -0.39 is 0 Å². The van der Waals surface area contributed by atoms with Crippen molar-refractivity contribution in [3.8, 4) is 0 Å². The Morgan fingerprint density at radius 2 is 1.71 bits per heavy atom. The van der Waals surface area contributed by atoms with Crippen LogP contribution in [0.5, 0.6) is 0 Å². The zero-order chi connectivity index (χ0) is 15.2. The lowest BCUT2D eigenvalue weighted by atomic mass is 10.0. The van der Waals surface area contributed by atoms with Gasteiger partial charge in [-0.25, -0.2) is 0 Å². The number of rotatable bonds is 6. The van der Waals surface area contributed by atoms with Crippen molar-refractivity contribution >= 4 is 23.2 Å². The van der Waals surface area contributed by atoms with Gasteiger partial charge in [-0.2, -0.15) is 0 Å². The number of benzene rings is 2. The smallest absolute Gasteiger partial charge is 0.0595 e. The molecule has 1 N–H and O–H groups in total. The van der Waals surface area contributed by atoms with E-state index in [9.17, 15) is 0 Å². The van der Waals surface area contributed by atoms with E-state index in [1.807, 2.05) is 18.2 Å². The van der Waals surface area contributed by atoms with Crippen LogP contribution in [0.3, 0.4) is 0 Å². The van der Waals surface area contributed by atoms with Crippen molar-refractivity contribution in [1.29, 1.82) is 0 Å². The van der Waals surface area contributed by atoms with E-state index in [0.717, 1.165) is 18.4 Å². The molecule has 0 aliphatic carbocycles. The molecule has 2 aromatic rings. The van der Waals surface area contributed by atoms with E-state index in [2.05, 4.69) is 49.5 Å². The zero-order valence-electron chi connectivity index (χ0n) is 12.4. The van der Waals surface area contributed by atoms with Gasteiger partial charge in [0.25, 0.3) is 0 Å². The van der Waals surface area contributed by atoms with Crippen LogP contribution in [0.2, 0.25) is 10.0 Å². The molecule has 2 unspecified atom stereocenters. The quantitative estimate of drug-likeness (QED) is 0.723. The lowest BCUT2D eigenvalue weighted by molar-refractivity contribution is 0.440. The molecule has 3 heteroatoms. The first-order valence-electron chi connectivity index (χ1n) is 7.35. The first-order valence-corrected chi connectivity index (χ1v) is 8.10. The van der Waals surface area contributed by atoms with Crippen molar-refractivity contribution in [2.45, 2.75) is 38.8 Å². The molecule has 2 rings (SSSR count). The fraction of sp³-hybridized carbons (Fsp3) is 0.333. The van der Waals surface area contributed by atoms with Crippen molar-refractivity contribution in [3.05, 3.63) is 69.7 Å². The summed E-state index contributed by atoms with van der Waals surface area (Å²) in [6.07, 6.45) is 2.11. The molecule has 21 heavy (non-hydrogen) atoms. The molecule has 0 bridgehead atoms. The maximum Gasteiger partial charge on any atom is 0.0595 e. The normalized spacial score (nSPS) is 13.9. The Balaban J connectivity index is 2.02. The minimum absolute atomic E-state index is 0.244. The summed E-state index contributed by atoms with van der Waals surface area (Å²) in [4.78, 5) is 0. The first-order chi connectivity index (χ1) is 10.1. The Morgan fingerprint density at radius 1 is 1.00 bits per heavy atom. The summed E-state index contributed by atoms with van der Waals surface area (Å²) in [6.45, 7) is 4.37. The van der Waals surface area contributed by atoms with E-state index in [-0.39, 0.29) is 6.04 Å². The number of halogens is 2. The fourth-order valence-electron chi connectivity index (χ4n) is 2.45. The molecule has 0 radical (unpaired) electrons. The summed E-state index contributed by atoms with van der Waals surface area (Å²) in [6, 6.07) is 17.1. The van der Waals surface area contributed by atoms with E-state index >= 15 is 0 Å². The Hall–Kier alpha value is -1.02. The summed E-state index contributed by atoms with van der Waals surface area (Å²) in [5.41, 5.74) is 2.52. The van der Waals surface area contributed by atoms with Gasteiger partial charge in [0.1, 0.15) is 0 Å². The van der Waals surface area contributed by atoms with Crippen molar-refractivity contribution in [2.75, 3.05) is 0 Å². The Kier molecular flexibility index (Phi) is 6.10. The molecule has 2 aromatic carbocycles. The topological polar surface area (TPSA) is 12.0 Å². The fourth-order valence-corrected chi connectivity index (χ4v) is 2.76. The summed E-state index contributed by atoms with van der Waals surface area (Å²) >= 11 is 12.1. The molecule has 0 heterocycles. The van der Waals surface area contributed by atoms with E-state index in [1.54, 1.807) is 0 Å². The molecule has 0 spiro atoms. The maximum absolute atomic E-state index is 6.10. The Morgan fingerprint density at radius 3 is 2.33 bits per heavy atom. The van der Waals surface area contributed by atoms with Gasteiger partial charge < -0.3 is 5.32 Å². The van der Waals surface area contributed by atoms with Crippen LogP contribution >= 0.6 is 23.2 Å². The predicted molar refractivity (Wildman–Crippen MR) is 92.2 cm³/mol. The highest BCUT2D eigenvalue weighted by Crippen LogP contribution is 2.26. The van der Waals surface area contributed by atoms with Gasteiger partial charge in [-0.15, -0.1) is 0 Å². The van der Waals surface area contributed by atoms with Gasteiger partial charge in [-0.3, -0.25) is 0 Å². The average molecular weight is 322 g/mol. The van der Waals surface area contributed by atoms with Crippen molar-refractivity contribution in [3.63, 3.8) is 0 Å². The molecule has 0 aliphatic heterocycles. The molecule has 0 amide bonds. The maximum atomic E-state index is 6.10. The third-order valence-electron chi connectivity index (χ3n) is 3.75. The molecule has 0 saturated carbocycles. The molecule has 0 aliphatic rings. The van der Waals surface area contributed by atoms with Crippen LogP contribution in [0.25, 0.3) is 0 Å². The molecular formula is C18H21Cl2N. The minimum Gasteiger partial charge on any atom is -0.307 e. The van der Waals surface area contributed by atoms with Crippen LogP contribution < -0.4 is 5.32 Å². The van der Waals surface area contributed by atoms with Crippen LogP contribution in [-0.2, 0) is 6.42 Å². The van der Waals surface area contributed by atoms with Crippen molar-refractivity contribution in [2.24, 2.45) is 0 Å². The zero-order valence-corrected chi connectivity index (χ0v) is 14.0. The Labute approximate surface area is 137 Å². The van der Waals surface area contributed by atoms with Gasteiger partial charge in [-0.05, 0) is 43.0 Å². The third-order valence-corrected chi connectivity index (χ3v) is 4.49. The van der Waals surface area contributed by atoms with Gasteiger partial charge in [-0.1, -0.05) is 66.5 Å². The van der Waals surface area contributed by atoms with E-state index in [1.165, 1.54) is 5.56 Å². The second-order valence-corrected chi connectivity index (χ2v) is 6.17. The number of nitrogens with one attached hydrogen (secondary N) is 1. The molecule has 2 atom stereocenters. The second kappa shape index (κ2) is 7.84. The van der Waals surface area contributed by atoms with Crippen LogP contribution in [0.1, 0.15) is 37.4 Å². The van der Waals surface area contributed by atoms with Crippen molar-refractivity contribution in [1.82, 2.24) is 5.32 Å². The lowest BCUT2D eigenvalue weighted by Crippen LogP contribution is -2.32. The minimum atomic E-state index is 0.244. The second-order valence-electron chi connectivity index (χ2n) is 5.36. The summed E-state index contributed by atoms with van der Waals surface area (Å²) in [5.74, 6) is 0. The molecule has 1 nitrogen and oxygen atoms in total. The summed E-state index contributed by atoms with van der Waals surface area (Å²) < 4.78 is 0. The molecular weight excluding hydrogens is 301 g/mol. The van der Waals surface area contributed by atoms with Gasteiger partial charge in [0.05, 0.1) is 10.0 Å².